The van der Waals surface area contributed by atoms with Crippen molar-refractivity contribution >= 4 is 0 Å². The third kappa shape index (κ3) is 4.88. The Labute approximate surface area is 91.2 Å². The SMILES string of the molecule is CC(C)CNCC(C)Cc1nnn(C)n1. The highest BCUT2D eigenvalue weighted by molar-refractivity contribution is 4.80. The monoisotopic (exact) mass is 211 g/mol. The van der Waals surface area contributed by atoms with E-state index in [0.29, 0.717) is 11.8 Å². The molecule has 1 N–H and O–H groups in total. The molecule has 0 saturated heterocycles. The van der Waals surface area contributed by atoms with Crippen LogP contribution in [-0.2, 0) is 13.5 Å². The van der Waals surface area contributed by atoms with E-state index in [1.165, 1.54) is 4.80 Å². The van der Waals surface area contributed by atoms with Crippen LogP contribution in [0.15, 0.2) is 0 Å². The van der Waals surface area contributed by atoms with Crippen LogP contribution in [0.3, 0.4) is 0 Å². The van der Waals surface area contributed by atoms with Crippen molar-refractivity contribution < 1.29 is 0 Å². The summed E-state index contributed by atoms with van der Waals surface area (Å²) in [5.74, 6) is 2.08. The lowest BCUT2D eigenvalue weighted by molar-refractivity contribution is 0.466. The average Bonchev–Trinajstić information content (AvgIpc) is 2.50. The molecule has 1 heterocycles. The molecule has 0 aliphatic heterocycles. The van der Waals surface area contributed by atoms with E-state index in [1.54, 1.807) is 7.05 Å². The second kappa shape index (κ2) is 5.80. The van der Waals surface area contributed by atoms with E-state index in [9.17, 15) is 0 Å². The summed E-state index contributed by atoms with van der Waals surface area (Å²) in [6.45, 7) is 8.70. The van der Waals surface area contributed by atoms with Gasteiger partial charge in [0.15, 0.2) is 5.82 Å². The largest absolute Gasteiger partial charge is 0.316 e. The van der Waals surface area contributed by atoms with Crippen LogP contribution in [0.2, 0.25) is 0 Å². The van der Waals surface area contributed by atoms with E-state index in [0.717, 1.165) is 25.3 Å². The molecule has 0 aromatic carbocycles. The number of aromatic nitrogens is 4. The summed E-state index contributed by atoms with van der Waals surface area (Å²) in [4.78, 5) is 1.50. The molecule has 0 radical (unpaired) electrons. The van der Waals surface area contributed by atoms with Gasteiger partial charge in [0.2, 0.25) is 0 Å². The minimum atomic E-state index is 0.549. The van der Waals surface area contributed by atoms with Gasteiger partial charge in [-0.3, -0.25) is 0 Å². The molecule has 0 saturated carbocycles. The maximum atomic E-state index is 4.16. The summed E-state index contributed by atoms with van der Waals surface area (Å²) in [5, 5.41) is 15.4. The third-order valence-electron chi connectivity index (χ3n) is 2.13. The molecule has 0 amide bonds. The minimum Gasteiger partial charge on any atom is -0.316 e. The minimum absolute atomic E-state index is 0.549. The lowest BCUT2D eigenvalue weighted by Crippen LogP contribution is -2.26. The van der Waals surface area contributed by atoms with Crippen molar-refractivity contribution in [3.05, 3.63) is 5.82 Å². The predicted octanol–water partition coefficient (Wildman–Crippen LogP) is 0.634. The Morgan fingerprint density at radius 1 is 1.27 bits per heavy atom. The fraction of sp³-hybridized carbons (Fsp3) is 0.900. The van der Waals surface area contributed by atoms with Crippen molar-refractivity contribution in [2.24, 2.45) is 18.9 Å². The fourth-order valence-electron chi connectivity index (χ4n) is 1.41. The molecule has 1 atom stereocenters. The van der Waals surface area contributed by atoms with Gasteiger partial charge in [-0.1, -0.05) is 20.8 Å². The predicted molar refractivity (Wildman–Crippen MR) is 59.4 cm³/mol. The molecule has 1 rings (SSSR count). The van der Waals surface area contributed by atoms with Crippen molar-refractivity contribution in [1.29, 1.82) is 0 Å². The Morgan fingerprint density at radius 2 is 2.00 bits per heavy atom. The quantitative estimate of drug-likeness (QED) is 0.750. The first-order chi connectivity index (χ1) is 7.08. The highest BCUT2D eigenvalue weighted by atomic mass is 15.6. The number of nitrogens with zero attached hydrogens (tertiary/aromatic N) is 4. The summed E-state index contributed by atoms with van der Waals surface area (Å²) in [6.07, 6.45) is 0.888. The van der Waals surface area contributed by atoms with E-state index >= 15 is 0 Å². The van der Waals surface area contributed by atoms with Gasteiger partial charge in [0.05, 0.1) is 7.05 Å². The molecule has 0 aliphatic carbocycles. The van der Waals surface area contributed by atoms with Crippen LogP contribution in [0.5, 0.6) is 0 Å². The van der Waals surface area contributed by atoms with Crippen LogP contribution in [0.1, 0.15) is 26.6 Å². The van der Waals surface area contributed by atoms with Gasteiger partial charge in [-0.25, -0.2) is 0 Å². The Hall–Kier alpha value is -0.970. The summed E-state index contributed by atoms with van der Waals surface area (Å²) in [6, 6.07) is 0. The van der Waals surface area contributed by atoms with Crippen LogP contribution >= 0.6 is 0 Å². The molecular formula is C10H21N5. The number of rotatable bonds is 6. The molecule has 0 spiro atoms. The molecule has 1 aromatic heterocycles. The highest BCUT2D eigenvalue weighted by Gasteiger charge is 2.07. The smallest absolute Gasteiger partial charge is 0.175 e. The Bertz CT molecular complexity index is 281. The standard InChI is InChI=1S/C10H21N5/c1-8(2)6-11-7-9(3)5-10-12-14-15(4)13-10/h8-9,11H,5-7H2,1-4H3. The van der Waals surface area contributed by atoms with Crippen LogP contribution in [-0.4, -0.2) is 33.3 Å². The van der Waals surface area contributed by atoms with Gasteiger partial charge in [-0.05, 0) is 30.1 Å². The van der Waals surface area contributed by atoms with Gasteiger partial charge in [-0.2, -0.15) is 4.80 Å². The molecule has 15 heavy (non-hydrogen) atoms. The van der Waals surface area contributed by atoms with E-state index in [2.05, 4.69) is 41.5 Å². The first-order valence-electron chi connectivity index (χ1n) is 5.51. The van der Waals surface area contributed by atoms with Crippen molar-refractivity contribution in [3.63, 3.8) is 0 Å². The zero-order valence-electron chi connectivity index (χ0n) is 10.1. The van der Waals surface area contributed by atoms with Crippen LogP contribution < -0.4 is 5.32 Å². The van der Waals surface area contributed by atoms with Crippen molar-refractivity contribution in [2.75, 3.05) is 13.1 Å². The molecule has 1 unspecified atom stereocenters. The molecule has 86 valence electrons. The Kier molecular flexibility index (Phi) is 4.68. The highest BCUT2D eigenvalue weighted by Crippen LogP contribution is 2.01. The summed E-state index contributed by atoms with van der Waals surface area (Å²) in [7, 11) is 1.79. The number of tetrazole rings is 1. The molecule has 0 bridgehead atoms. The average molecular weight is 211 g/mol. The first-order valence-corrected chi connectivity index (χ1v) is 5.51. The zero-order chi connectivity index (χ0) is 11.3. The van der Waals surface area contributed by atoms with E-state index < -0.39 is 0 Å². The van der Waals surface area contributed by atoms with E-state index in [4.69, 9.17) is 0 Å². The number of hydrogen-bond donors (Lipinski definition) is 1. The fourth-order valence-corrected chi connectivity index (χ4v) is 1.41. The summed E-state index contributed by atoms with van der Waals surface area (Å²) < 4.78 is 0. The lowest BCUT2D eigenvalue weighted by atomic mass is 10.1. The van der Waals surface area contributed by atoms with Crippen molar-refractivity contribution in [3.8, 4) is 0 Å². The van der Waals surface area contributed by atoms with Crippen LogP contribution in [0.25, 0.3) is 0 Å². The zero-order valence-corrected chi connectivity index (χ0v) is 10.1. The molecule has 1 aromatic rings. The second-order valence-corrected chi connectivity index (χ2v) is 4.56. The van der Waals surface area contributed by atoms with Gasteiger partial charge >= 0.3 is 0 Å². The normalized spacial score (nSPS) is 13.4. The Morgan fingerprint density at radius 3 is 2.53 bits per heavy atom. The van der Waals surface area contributed by atoms with Crippen molar-refractivity contribution in [1.82, 2.24) is 25.5 Å². The summed E-state index contributed by atoms with van der Waals surface area (Å²) >= 11 is 0. The third-order valence-corrected chi connectivity index (χ3v) is 2.13. The van der Waals surface area contributed by atoms with Crippen molar-refractivity contribution in [2.45, 2.75) is 27.2 Å². The second-order valence-electron chi connectivity index (χ2n) is 4.56. The first kappa shape index (κ1) is 12.1. The molecule has 5 heteroatoms. The van der Waals surface area contributed by atoms with Crippen LogP contribution in [0, 0.1) is 11.8 Å². The van der Waals surface area contributed by atoms with E-state index in [1.807, 2.05) is 0 Å². The molecule has 5 nitrogen and oxygen atoms in total. The molecule has 0 aliphatic rings. The maximum absolute atomic E-state index is 4.16. The Balaban J connectivity index is 2.21. The van der Waals surface area contributed by atoms with Gasteiger partial charge in [-0.15, -0.1) is 10.2 Å². The van der Waals surface area contributed by atoms with Gasteiger partial charge in [0, 0.05) is 6.42 Å². The van der Waals surface area contributed by atoms with Gasteiger partial charge < -0.3 is 5.32 Å². The number of aryl methyl sites for hydroxylation is 1. The van der Waals surface area contributed by atoms with Crippen LogP contribution in [0.4, 0.5) is 0 Å². The molecule has 0 fully saturated rings. The number of nitrogens with one attached hydrogen (secondary N) is 1. The maximum Gasteiger partial charge on any atom is 0.175 e. The number of hydrogen-bond acceptors (Lipinski definition) is 4. The van der Waals surface area contributed by atoms with Gasteiger partial charge in [0.25, 0.3) is 0 Å². The topological polar surface area (TPSA) is 55.6 Å². The van der Waals surface area contributed by atoms with E-state index in [-0.39, 0.29) is 0 Å². The lowest BCUT2D eigenvalue weighted by Gasteiger charge is -2.11. The molecular weight excluding hydrogens is 190 g/mol. The summed E-state index contributed by atoms with van der Waals surface area (Å²) in [5.41, 5.74) is 0. The van der Waals surface area contributed by atoms with Gasteiger partial charge in [0.1, 0.15) is 0 Å².